The second-order valence-electron chi connectivity index (χ2n) is 6.09. The van der Waals surface area contributed by atoms with E-state index < -0.39 is 0 Å². The zero-order valence-electron chi connectivity index (χ0n) is 12.7. The number of hydrogen-bond donors (Lipinski definition) is 0. The zero-order valence-corrected chi connectivity index (χ0v) is 12.7. The molecule has 2 atom stereocenters. The molecule has 2 unspecified atom stereocenters. The van der Waals surface area contributed by atoms with Gasteiger partial charge in [-0.1, -0.05) is 24.6 Å². The molecule has 112 valence electrons. The summed E-state index contributed by atoms with van der Waals surface area (Å²) in [5, 5.41) is 0. The first-order chi connectivity index (χ1) is 10.8. The van der Waals surface area contributed by atoms with Gasteiger partial charge >= 0.3 is 0 Å². The van der Waals surface area contributed by atoms with Crippen molar-refractivity contribution in [3.8, 4) is 5.75 Å². The van der Waals surface area contributed by atoms with Crippen molar-refractivity contribution in [3.05, 3.63) is 53.6 Å². The average molecular weight is 293 g/mol. The van der Waals surface area contributed by atoms with Crippen LogP contribution in [0.4, 0.5) is 11.4 Å². The fourth-order valence-corrected chi connectivity index (χ4v) is 4.10. The third-order valence-electron chi connectivity index (χ3n) is 4.97. The van der Waals surface area contributed by atoms with Crippen LogP contribution in [-0.4, -0.2) is 19.4 Å². The highest BCUT2D eigenvalue weighted by Gasteiger charge is 2.43. The van der Waals surface area contributed by atoms with Crippen molar-refractivity contribution in [1.29, 1.82) is 0 Å². The first-order valence-electron chi connectivity index (χ1n) is 7.85. The summed E-state index contributed by atoms with van der Waals surface area (Å²) in [6.07, 6.45) is 4.53. The van der Waals surface area contributed by atoms with E-state index in [0.29, 0.717) is 17.5 Å². The molecule has 1 fully saturated rings. The molecule has 22 heavy (non-hydrogen) atoms. The number of carbonyl (C=O) groups excluding carboxylic acids is 1. The monoisotopic (exact) mass is 293 g/mol. The minimum Gasteiger partial charge on any atom is -0.495 e. The van der Waals surface area contributed by atoms with Crippen LogP contribution in [0.2, 0.25) is 0 Å². The maximum atomic E-state index is 11.2. The van der Waals surface area contributed by atoms with Crippen molar-refractivity contribution < 1.29 is 9.53 Å². The van der Waals surface area contributed by atoms with Crippen molar-refractivity contribution in [3.63, 3.8) is 0 Å². The summed E-state index contributed by atoms with van der Waals surface area (Å²) in [5.41, 5.74) is 4.33. The number of para-hydroxylation sites is 1. The largest absolute Gasteiger partial charge is 0.495 e. The summed E-state index contributed by atoms with van der Waals surface area (Å²) in [6.45, 7) is 0. The molecule has 0 saturated heterocycles. The van der Waals surface area contributed by atoms with E-state index in [1.807, 2.05) is 12.1 Å². The van der Waals surface area contributed by atoms with Crippen molar-refractivity contribution in [2.24, 2.45) is 0 Å². The minimum atomic E-state index is 0.480. The quantitative estimate of drug-likeness (QED) is 0.790. The van der Waals surface area contributed by atoms with E-state index in [1.54, 1.807) is 7.11 Å². The Morgan fingerprint density at radius 1 is 1.18 bits per heavy atom. The molecular formula is C19H19NO2. The lowest BCUT2D eigenvalue weighted by molar-refractivity contribution is 0.112. The van der Waals surface area contributed by atoms with Crippen LogP contribution in [0.15, 0.2) is 42.5 Å². The Kier molecular flexibility index (Phi) is 3.14. The Bertz CT molecular complexity index is 711. The van der Waals surface area contributed by atoms with Gasteiger partial charge in [-0.3, -0.25) is 4.79 Å². The summed E-state index contributed by atoms with van der Waals surface area (Å²) in [5.74, 6) is 1.31. The molecule has 2 aliphatic rings. The Hall–Kier alpha value is -2.29. The Labute approximate surface area is 130 Å². The zero-order chi connectivity index (χ0) is 15.1. The molecule has 0 spiro atoms. The standard InChI is InChI=1S/C19H19NO2/c1-22-18-11-13(12-21)10-16-15-8-5-9-17(15)20(19(16)18)14-6-3-2-4-7-14/h2-4,6-7,10-12,15,17H,5,8-9H2,1H3. The van der Waals surface area contributed by atoms with Crippen molar-refractivity contribution in [1.82, 2.24) is 0 Å². The van der Waals surface area contributed by atoms with Crippen LogP contribution in [-0.2, 0) is 0 Å². The number of hydrogen-bond acceptors (Lipinski definition) is 3. The third kappa shape index (κ3) is 1.85. The molecule has 0 aromatic heterocycles. The second kappa shape index (κ2) is 5.16. The van der Waals surface area contributed by atoms with Crippen LogP contribution < -0.4 is 9.64 Å². The molecule has 4 rings (SSSR count). The number of nitrogens with zero attached hydrogens (tertiary/aromatic N) is 1. The topological polar surface area (TPSA) is 29.5 Å². The molecule has 1 aliphatic carbocycles. The van der Waals surface area contributed by atoms with Gasteiger partial charge in [0.1, 0.15) is 12.0 Å². The maximum absolute atomic E-state index is 11.2. The fourth-order valence-electron chi connectivity index (χ4n) is 4.10. The molecular weight excluding hydrogens is 274 g/mol. The SMILES string of the molecule is COc1cc(C=O)cc2c1N(c1ccccc1)C1CCCC21. The molecule has 1 heterocycles. The predicted octanol–water partition coefficient (Wildman–Crippen LogP) is 4.30. The van der Waals surface area contributed by atoms with Crippen molar-refractivity contribution in [2.45, 2.75) is 31.2 Å². The second-order valence-corrected chi connectivity index (χ2v) is 6.09. The number of carbonyl (C=O) groups is 1. The van der Waals surface area contributed by atoms with Crippen LogP contribution >= 0.6 is 0 Å². The molecule has 0 amide bonds. The smallest absolute Gasteiger partial charge is 0.150 e. The molecule has 2 aromatic carbocycles. The first kappa shape index (κ1) is 13.4. The van der Waals surface area contributed by atoms with Crippen molar-refractivity contribution >= 4 is 17.7 Å². The van der Waals surface area contributed by atoms with Crippen LogP contribution in [0, 0.1) is 0 Å². The van der Waals surface area contributed by atoms with Gasteiger partial charge in [0.25, 0.3) is 0 Å². The molecule has 0 bridgehead atoms. The highest BCUT2D eigenvalue weighted by molar-refractivity contribution is 5.85. The molecule has 1 saturated carbocycles. The fraction of sp³-hybridized carbons (Fsp3) is 0.316. The van der Waals surface area contributed by atoms with E-state index in [0.717, 1.165) is 17.7 Å². The third-order valence-corrected chi connectivity index (χ3v) is 4.97. The van der Waals surface area contributed by atoms with Crippen LogP contribution in [0.25, 0.3) is 0 Å². The number of ether oxygens (including phenoxy) is 1. The summed E-state index contributed by atoms with van der Waals surface area (Å²) in [7, 11) is 1.68. The number of aldehydes is 1. The van der Waals surface area contributed by atoms with E-state index in [-0.39, 0.29) is 0 Å². The molecule has 1 aliphatic heterocycles. The van der Waals surface area contributed by atoms with Gasteiger partial charge in [-0.25, -0.2) is 0 Å². The highest BCUT2D eigenvalue weighted by Crippen LogP contribution is 2.55. The summed E-state index contributed by atoms with van der Waals surface area (Å²) in [6, 6.07) is 14.9. The number of benzene rings is 2. The van der Waals surface area contributed by atoms with Gasteiger partial charge in [0.2, 0.25) is 0 Å². The van der Waals surface area contributed by atoms with Gasteiger partial charge in [0.15, 0.2) is 0 Å². The summed E-state index contributed by atoms with van der Waals surface area (Å²) >= 11 is 0. The molecule has 3 nitrogen and oxygen atoms in total. The van der Waals surface area contributed by atoms with Gasteiger partial charge in [-0.2, -0.15) is 0 Å². The Morgan fingerprint density at radius 3 is 2.73 bits per heavy atom. The molecule has 3 heteroatoms. The Balaban J connectivity index is 1.94. The van der Waals surface area contributed by atoms with E-state index in [4.69, 9.17) is 4.74 Å². The predicted molar refractivity (Wildman–Crippen MR) is 87.3 cm³/mol. The lowest BCUT2D eigenvalue weighted by atomic mass is 9.96. The average Bonchev–Trinajstić information content (AvgIpc) is 3.15. The lowest BCUT2D eigenvalue weighted by Gasteiger charge is -2.28. The number of anilines is 2. The van der Waals surface area contributed by atoms with Gasteiger partial charge in [-0.15, -0.1) is 0 Å². The van der Waals surface area contributed by atoms with Gasteiger partial charge in [0.05, 0.1) is 12.8 Å². The van der Waals surface area contributed by atoms with Gasteiger partial charge in [-0.05, 0) is 42.7 Å². The summed E-state index contributed by atoms with van der Waals surface area (Å²) in [4.78, 5) is 13.7. The van der Waals surface area contributed by atoms with E-state index in [1.165, 1.54) is 30.5 Å². The van der Waals surface area contributed by atoms with E-state index >= 15 is 0 Å². The van der Waals surface area contributed by atoms with Crippen molar-refractivity contribution in [2.75, 3.05) is 12.0 Å². The van der Waals surface area contributed by atoms with Crippen LogP contribution in [0.5, 0.6) is 5.75 Å². The number of rotatable bonds is 3. The van der Waals surface area contributed by atoms with Gasteiger partial charge < -0.3 is 9.64 Å². The minimum absolute atomic E-state index is 0.480. The van der Waals surface area contributed by atoms with Crippen LogP contribution in [0.1, 0.15) is 41.1 Å². The molecule has 0 radical (unpaired) electrons. The van der Waals surface area contributed by atoms with E-state index in [9.17, 15) is 4.79 Å². The normalized spacial score (nSPS) is 22.3. The Morgan fingerprint density at radius 2 is 2.00 bits per heavy atom. The van der Waals surface area contributed by atoms with Gasteiger partial charge in [0, 0.05) is 23.2 Å². The van der Waals surface area contributed by atoms with Crippen LogP contribution in [0.3, 0.4) is 0 Å². The molecule has 0 N–H and O–H groups in total. The lowest BCUT2D eigenvalue weighted by Crippen LogP contribution is -2.26. The maximum Gasteiger partial charge on any atom is 0.150 e. The summed E-state index contributed by atoms with van der Waals surface area (Å²) < 4.78 is 5.62. The number of methoxy groups -OCH3 is 1. The highest BCUT2D eigenvalue weighted by atomic mass is 16.5. The number of fused-ring (bicyclic) bond motifs is 3. The van der Waals surface area contributed by atoms with E-state index in [2.05, 4.69) is 35.2 Å². The first-order valence-corrected chi connectivity index (χ1v) is 7.85. The molecule has 2 aromatic rings.